The van der Waals surface area contributed by atoms with Crippen molar-refractivity contribution in [1.29, 1.82) is 0 Å². The number of rotatable bonds is 4. The molecule has 2 aromatic rings. The molecule has 0 aliphatic heterocycles. The Morgan fingerprint density at radius 2 is 1.80 bits per heavy atom. The summed E-state index contributed by atoms with van der Waals surface area (Å²) in [4.78, 5) is 11.6. The fraction of sp³-hybridized carbons (Fsp3) is 0.133. The monoisotopic (exact) mass is 338 g/mol. The normalized spacial score (nSPS) is 10.2. The van der Waals surface area contributed by atoms with Gasteiger partial charge in [0.15, 0.2) is 6.61 Å². The van der Waals surface area contributed by atoms with Crippen molar-refractivity contribution < 1.29 is 18.7 Å². The van der Waals surface area contributed by atoms with Gasteiger partial charge in [0, 0.05) is 4.47 Å². The standard InChI is InChI=1S/C15H12BrFO3/c1-10-8-13(6-7-14(10)16)19-9-15(18)20-12-4-2-11(17)3-5-12/h2-8H,9H2,1H3. The molecule has 5 heteroatoms. The highest BCUT2D eigenvalue weighted by Gasteiger charge is 2.07. The van der Waals surface area contributed by atoms with Gasteiger partial charge >= 0.3 is 5.97 Å². The third-order valence-corrected chi connectivity index (χ3v) is 3.42. The average molecular weight is 339 g/mol. The van der Waals surface area contributed by atoms with Crippen LogP contribution in [-0.2, 0) is 4.79 Å². The molecule has 0 aliphatic carbocycles. The molecule has 0 bridgehead atoms. The van der Waals surface area contributed by atoms with E-state index in [1.54, 1.807) is 6.07 Å². The summed E-state index contributed by atoms with van der Waals surface area (Å²) in [5, 5.41) is 0. The minimum Gasteiger partial charge on any atom is -0.482 e. The molecule has 0 atom stereocenters. The zero-order valence-electron chi connectivity index (χ0n) is 10.7. The number of hydrogen-bond donors (Lipinski definition) is 0. The Bertz CT molecular complexity index is 611. The van der Waals surface area contributed by atoms with Crippen molar-refractivity contribution in [2.75, 3.05) is 6.61 Å². The lowest BCUT2D eigenvalue weighted by molar-refractivity contribution is -0.136. The Balaban J connectivity index is 1.88. The van der Waals surface area contributed by atoms with Crippen molar-refractivity contribution in [1.82, 2.24) is 0 Å². The van der Waals surface area contributed by atoms with Crippen LogP contribution in [0.2, 0.25) is 0 Å². The van der Waals surface area contributed by atoms with Crippen LogP contribution >= 0.6 is 15.9 Å². The maximum Gasteiger partial charge on any atom is 0.349 e. The van der Waals surface area contributed by atoms with Crippen molar-refractivity contribution in [3.05, 3.63) is 58.3 Å². The van der Waals surface area contributed by atoms with E-state index < -0.39 is 5.97 Å². The molecular weight excluding hydrogens is 327 g/mol. The van der Waals surface area contributed by atoms with Gasteiger partial charge in [-0.3, -0.25) is 0 Å². The highest BCUT2D eigenvalue weighted by Crippen LogP contribution is 2.21. The van der Waals surface area contributed by atoms with Crippen LogP contribution in [0.15, 0.2) is 46.9 Å². The summed E-state index contributed by atoms with van der Waals surface area (Å²) in [7, 11) is 0. The SMILES string of the molecule is Cc1cc(OCC(=O)Oc2ccc(F)cc2)ccc1Br. The molecule has 0 aromatic heterocycles. The van der Waals surface area contributed by atoms with Crippen LogP contribution in [0.4, 0.5) is 4.39 Å². The number of ether oxygens (including phenoxy) is 2. The Kier molecular flexibility index (Phi) is 4.74. The Labute approximate surface area is 124 Å². The molecule has 0 saturated carbocycles. The van der Waals surface area contributed by atoms with Crippen LogP contribution in [0, 0.1) is 12.7 Å². The van der Waals surface area contributed by atoms with E-state index in [9.17, 15) is 9.18 Å². The van der Waals surface area contributed by atoms with Gasteiger partial charge in [-0.25, -0.2) is 9.18 Å². The van der Waals surface area contributed by atoms with E-state index in [0.29, 0.717) is 5.75 Å². The fourth-order valence-electron chi connectivity index (χ4n) is 1.51. The summed E-state index contributed by atoms with van der Waals surface area (Å²) in [6.07, 6.45) is 0. The Morgan fingerprint density at radius 1 is 1.15 bits per heavy atom. The molecule has 0 radical (unpaired) electrons. The summed E-state index contributed by atoms with van der Waals surface area (Å²) in [6, 6.07) is 10.6. The second-order valence-electron chi connectivity index (χ2n) is 4.13. The third-order valence-electron chi connectivity index (χ3n) is 2.53. The Hall–Kier alpha value is -1.88. The van der Waals surface area contributed by atoms with Gasteiger partial charge in [-0.05, 0) is 55.0 Å². The average Bonchev–Trinajstić information content (AvgIpc) is 2.43. The largest absolute Gasteiger partial charge is 0.482 e. The maximum atomic E-state index is 12.7. The molecule has 0 N–H and O–H groups in total. The maximum absolute atomic E-state index is 12.7. The highest BCUT2D eigenvalue weighted by atomic mass is 79.9. The van der Waals surface area contributed by atoms with Crippen molar-refractivity contribution in [3.8, 4) is 11.5 Å². The molecule has 0 spiro atoms. The molecule has 0 unspecified atom stereocenters. The molecule has 0 fully saturated rings. The smallest absolute Gasteiger partial charge is 0.349 e. The first-order chi connectivity index (χ1) is 9.54. The van der Waals surface area contributed by atoms with Gasteiger partial charge in [-0.15, -0.1) is 0 Å². The quantitative estimate of drug-likeness (QED) is 0.626. The van der Waals surface area contributed by atoms with Gasteiger partial charge in [0.05, 0.1) is 0 Å². The molecule has 2 aromatic carbocycles. The molecule has 0 heterocycles. The zero-order chi connectivity index (χ0) is 14.5. The molecule has 20 heavy (non-hydrogen) atoms. The first-order valence-electron chi connectivity index (χ1n) is 5.90. The van der Waals surface area contributed by atoms with E-state index in [0.717, 1.165) is 10.0 Å². The summed E-state index contributed by atoms with van der Waals surface area (Å²) < 4.78 is 24.0. The molecule has 0 saturated heterocycles. The van der Waals surface area contributed by atoms with Gasteiger partial charge in [0.25, 0.3) is 0 Å². The van der Waals surface area contributed by atoms with Gasteiger partial charge in [-0.1, -0.05) is 15.9 Å². The zero-order valence-corrected chi connectivity index (χ0v) is 12.3. The number of benzene rings is 2. The topological polar surface area (TPSA) is 35.5 Å². The number of aryl methyl sites for hydroxylation is 1. The lowest BCUT2D eigenvalue weighted by Gasteiger charge is -2.08. The van der Waals surface area contributed by atoms with Crippen LogP contribution in [0.25, 0.3) is 0 Å². The summed E-state index contributed by atoms with van der Waals surface area (Å²) >= 11 is 3.38. The molecular formula is C15H12BrFO3. The fourth-order valence-corrected chi connectivity index (χ4v) is 1.76. The van der Waals surface area contributed by atoms with Crippen LogP contribution in [0.3, 0.4) is 0 Å². The summed E-state index contributed by atoms with van der Waals surface area (Å²) in [5.74, 6) is -0.0580. The van der Waals surface area contributed by atoms with Crippen molar-refractivity contribution >= 4 is 21.9 Å². The lowest BCUT2D eigenvalue weighted by atomic mass is 10.2. The number of carbonyl (C=O) groups excluding carboxylic acids is 1. The predicted octanol–water partition coefficient (Wildman–Crippen LogP) is 3.88. The molecule has 3 nitrogen and oxygen atoms in total. The van der Waals surface area contributed by atoms with Crippen LogP contribution in [0.1, 0.15) is 5.56 Å². The van der Waals surface area contributed by atoms with E-state index in [4.69, 9.17) is 9.47 Å². The first kappa shape index (κ1) is 14.5. The number of hydrogen-bond acceptors (Lipinski definition) is 3. The Morgan fingerprint density at radius 3 is 2.45 bits per heavy atom. The van der Waals surface area contributed by atoms with Crippen molar-refractivity contribution in [2.45, 2.75) is 6.92 Å². The number of halogens is 2. The second-order valence-corrected chi connectivity index (χ2v) is 4.98. The minimum atomic E-state index is -0.544. The van der Waals surface area contributed by atoms with Crippen molar-refractivity contribution in [3.63, 3.8) is 0 Å². The summed E-state index contributed by atoms with van der Waals surface area (Å²) in [6.45, 7) is 1.71. The van der Waals surface area contributed by atoms with Gasteiger partial charge in [0.1, 0.15) is 17.3 Å². The highest BCUT2D eigenvalue weighted by molar-refractivity contribution is 9.10. The van der Waals surface area contributed by atoms with E-state index in [1.807, 2.05) is 19.1 Å². The van der Waals surface area contributed by atoms with E-state index in [-0.39, 0.29) is 18.2 Å². The first-order valence-corrected chi connectivity index (χ1v) is 6.69. The van der Waals surface area contributed by atoms with Crippen LogP contribution < -0.4 is 9.47 Å². The predicted molar refractivity (Wildman–Crippen MR) is 76.4 cm³/mol. The molecule has 0 aliphatic rings. The van der Waals surface area contributed by atoms with Crippen LogP contribution in [-0.4, -0.2) is 12.6 Å². The van der Waals surface area contributed by atoms with Gasteiger partial charge in [0.2, 0.25) is 0 Å². The molecule has 104 valence electrons. The number of carbonyl (C=O) groups is 1. The lowest BCUT2D eigenvalue weighted by Crippen LogP contribution is -2.17. The van der Waals surface area contributed by atoms with E-state index >= 15 is 0 Å². The van der Waals surface area contributed by atoms with Crippen molar-refractivity contribution in [2.24, 2.45) is 0 Å². The second kappa shape index (κ2) is 6.52. The number of esters is 1. The van der Waals surface area contributed by atoms with Gasteiger partial charge in [-0.2, -0.15) is 0 Å². The third kappa shape index (κ3) is 4.06. The minimum absolute atomic E-state index is 0.210. The van der Waals surface area contributed by atoms with E-state index in [2.05, 4.69) is 15.9 Å². The van der Waals surface area contributed by atoms with Crippen LogP contribution in [0.5, 0.6) is 11.5 Å². The van der Waals surface area contributed by atoms with E-state index in [1.165, 1.54) is 24.3 Å². The van der Waals surface area contributed by atoms with Gasteiger partial charge < -0.3 is 9.47 Å². The molecule has 2 rings (SSSR count). The summed E-state index contributed by atoms with van der Waals surface area (Å²) in [5.41, 5.74) is 1.01. The molecule has 0 amide bonds.